The first-order valence-electron chi connectivity index (χ1n) is 11.0. The van der Waals surface area contributed by atoms with Crippen LogP contribution in [0.1, 0.15) is 34.2 Å². The predicted molar refractivity (Wildman–Crippen MR) is 140 cm³/mol. The molecule has 0 aliphatic heterocycles. The molecule has 0 amide bonds. The molecule has 0 aliphatic carbocycles. The van der Waals surface area contributed by atoms with Crippen LogP contribution < -0.4 is 0 Å². The third kappa shape index (κ3) is 6.26. The SMILES string of the molecule is C=CCCc1ccc(C#Cc2ccc(-c3ccc(C#Cc4ccc(Cl)c(F)c4)cc3)cc2)cc1. The van der Waals surface area contributed by atoms with Gasteiger partial charge in [-0.05, 0) is 84.1 Å². The molecule has 4 rings (SSSR count). The largest absolute Gasteiger partial charge is 0.205 e. The second-order valence-corrected chi connectivity index (χ2v) is 8.22. The zero-order chi connectivity index (χ0) is 23.8. The summed E-state index contributed by atoms with van der Waals surface area (Å²) in [6, 6.07) is 29.1. The van der Waals surface area contributed by atoms with Gasteiger partial charge >= 0.3 is 0 Å². The minimum Gasteiger partial charge on any atom is -0.205 e. The Hall–Kier alpha value is -4.04. The van der Waals surface area contributed by atoms with Crippen molar-refractivity contribution < 1.29 is 4.39 Å². The van der Waals surface area contributed by atoms with E-state index in [1.54, 1.807) is 6.07 Å². The highest BCUT2D eigenvalue weighted by atomic mass is 35.5. The Kier molecular flexibility index (Phi) is 7.62. The van der Waals surface area contributed by atoms with Crippen molar-refractivity contribution in [3.05, 3.63) is 142 Å². The Labute approximate surface area is 205 Å². The van der Waals surface area contributed by atoms with Gasteiger partial charge in [-0.2, -0.15) is 0 Å². The normalized spacial score (nSPS) is 9.94. The molecule has 0 saturated carbocycles. The van der Waals surface area contributed by atoms with Crippen molar-refractivity contribution in [2.75, 3.05) is 0 Å². The van der Waals surface area contributed by atoms with E-state index in [0.29, 0.717) is 5.56 Å². The molecule has 0 aliphatic rings. The monoisotopic (exact) mass is 460 g/mol. The van der Waals surface area contributed by atoms with Crippen LogP contribution in [0.5, 0.6) is 0 Å². The van der Waals surface area contributed by atoms with E-state index in [1.165, 1.54) is 17.7 Å². The lowest BCUT2D eigenvalue weighted by molar-refractivity contribution is 0.628. The lowest BCUT2D eigenvalue weighted by atomic mass is 10.0. The summed E-state index contributed by atoms with van der Waals surface area (Å²) in [7, 11) is 0. The Morgan fingerprint density at radius 1 is 0.647 bits per heavy atom. The fraction of sp³-hybridized carbons (Fsp3) is 0.0625. The first kappa shape index (κ1) is 23.1. The Balaban J connectivity index is 1.41. The van der Waals surface area contributed by atoms with Crippen LogP contribution in [-0.4, -0.2) is 0 Å². The number of allylic oxidation sites excluding steroid dienone is 1. The zero-order valence-electron chi connectivity index (χ0n) is 18.6. The van der Waals surface area contributed by atoms with Crippen molar-refractivity contribution in [3.8, 4) is 34.8 Å². The van der Waals surface area contributed by atoms with Crippen LogP contribution in [0.3, 0.4) is 0 Å². The molecule has 0 atom stereocenters. The second kappa shape index (κ2) is 11.2. The maximum absolute atomic E-state index is 13.5. The average Bonchev–Trinajstić information content (AvgIpc) is 2.88. The molecular formula is C32H22ClF. The Morgan fingerprint density at radius 2 is 1.09 bits per heavy atom. The van der Waals surface area contributed by atoms with Gasteiger partial charge in [0.25, 0.3) is 0 Å². The third-order valence-corrected chi connectivity index (χ3v) is 5.62. The molecule has 0 nitrogen and oxygen atoms in total. The first-order chi connectivity index (χ1) is 16.6. The van der Waals surface area contributed by atoms with Gasteiger partial charge in [-0.25, -0.2) is 4.39 Å². The third-order valence-electron chi connectivity index (χ3n) is 5.32. The van der Waals surface area contributed by atoms with E-state index in [9.17, 15) is 4.39 Å². The smallest absolute Gasteiger partial charge is 0.143 e. The summed E-state index contributed by atoms with van der Waals surface area (Å²) in [5.41, 5.74) is 6.92. The molecule has 0 heterocycles. The van der Waals surface area contributed by atoms with Crippen molar-refractivity contribution in [2.24, 2.45) is 0 Å². The predicted octanol–water partition coefficient (Wildman–Crippen LogP) is 8.06. The van der Waals surface area contributed by atoms with Crippen LogP contribution in [0.25, 0.3) is 11.1 Å². The van der Waals surface area contributed by atoms with Crippen LogP contribution in [-0.2, 0) is 6.42 Å². The second-order valence-electron chi connectivity index (χ2n) is 7.81. The molecular weight excluding hydrogens is 439 g/mol. The van der Waals surface area contributed by atoms with Crippen LogP contribution >= 0.6 is 11.6 Å². The van der Waals surface area contributed by atoms with Crippen molar-refractivity contribution in [1.29, 1.82) is 0 Å². The van der Waals surface area contributed by atoms with E-state index in [0.717, 1.165) is 40.7 Å². The Morgan fingerprint density at radius 3 is 1.56 bits per heavy atom. The average molecular weight is 461 g/mol. The number of benzene rings is 4. The van der Waals surface area contributed by atoms with Gasteiger partial charge < -0.3 is 0 Å². The molecule has 0 bridgehead atoms. The molecule has 0 spiro atoms. The molecule has 34 heavy (non-hydrogen) atoms. The number of rotatable bonds is 4. The molecule has 0 saturated heterocycles. The molecule has 4 aromatic carbocycles. The quantitative estimate of drug-likeness (QED) is 0.213. The van der Waals surface area contributed by atoms with Crippen LogP contribution in [0.2, 0.25) is 5.02 Å². The standard InChI is InChI=1S/C32H22ClF/c1-2-3-4-24-5-7-25(8-6-24)9-10-26-13-18-29(19-14-26)30-20-15-27(16-21-30)11-12-28-17-22-31(33)32(34)23-28/h2,5-8,13-23H,1,3-4H2. The fourth-order valence-electron chi connectivity index (χ4n) is 3.38. The minimum atomic E-state index is -0.464. The van der Waals surface area contributed by atoms with Crippen molar-refractivity contribution in [1.82, 2.24) is 0 Å². The topological polar surface area (TPSA) is 0 Å². The van der Waals surface area contributed by atoms with E-state index in [-0.39, 0.29) is 5.02 Å². The summed E-state index contributed by atoms with van der Waals surface area (Å²) < 4.78 is 13.5. The zero-order valence-corrected chi connectivity index (χ0v) is 19.4. The van der Waals surface area contributed by atoms with E-state index >= 15 is 0 Å². The van der Waals surface area contributed by atoms with E-state index in [1.807, 2.05) is 42.5 Å². The summed E-state index contributed by atoms with van der Waals surface area (Å²) in [5.74, 6) is 12.0. The van der Waals surface area contributed by atoms with Crippen LogP contribution in [0.15, 0.2) is 104 Å². The maximum Gasteiger partial charge on any atom is 0.143 e. The maximum atomic E-state index is 13.5. The lowest BCUT2D eigenvalue weighted by Gasteiger charge is -2.02. The van der Waals surface area contributed by atoms with E-state index < -0.39 is 5.82 Å². The van der Waals surface area contributed by atoms with Gasteiger partial charge in [0.05, 0.1) is 5.02 Å². The van der Waals surface area contributed by atoms with Gasteiger partial charge in [0, 0.05) is 22.3 Å². The highest BCUT2D eigenvalue weighted by molar-refractivity contribution is 6.30. The molecule has 0 N–H and O–H groups in total. The fourth-order valence-corrected chi connectivity index (χ4v) is 3.50. The van der Waals surface area contributed by atoms with Crippen molar-refractivity contribution >= 4 is 11.6 Å². The Bertz CT molecular complexity index is 1410. The highest BCUT2D eigenvalue weighted by Gasteiger charge is 2.00. The van der Waals surface area contributed by atoms with E-state index in [4.69, 9.17) is 11.6 Å². The molecule has 2 heteroatoms. The van der Waals surface area contributed by atoms with Crippen molar-refractivity contribution in [3.63, 3.8) is 0 Å². The van der Waals surface area contributed by atoms with Gasteiger partial charge in [-0.3, -0.25) is 0 Å². The summed E-state index contributed by atoms with van der Waals surface area (Å²) in [6.07, 6.45) is 3.93. The molecule has 0 aromatic heterocycles. The van der Waals surface area contributed by atoms with Crippen molar-refractivity contribution in [2.45, 2.75) is 12.8 Å². The van der Waals surface area contributed by atoms with E-state index in [2.05, 4.69) is 66.7 Å². The summed E-state index contributed by atoms with van der Waals surface area (Å²) >= 11 is 5.71. The van der Waals surface area contributed by atoms with Gasteiger partial charge in [-0.1, -0.05) is 77.8 Å². The number of halogens is 2. The summed E-state index contributed by atoms with van der Waals surface area (Å²) in [5, 5.41) is 0.0977. The number of aryl methyl sites for hydroxylation is 1. The molecule has 4 aromatic rings. The molecule has 0 fully saturated rings. The molecule has 164 valence electrons. The van der Waals surface area contributed by atoms with Gasteiger partial charge in [-0.15, -0.1) is 6.58 Å². The summed E-state index contributed by atoms with van der Waals surface area (Å²) in [4.78, 5) is 0. The molecule has 0 radical (unpaired) electrons. The summed E-state index contributed by atoms with van der Waals surface area (Å²) in [6.45, 7) is 3.77. The van der Waals surface area contributed by atoms with Gasteiger partial charge in [0.2, 0.25) is 0 Å². The first-order valence-corrected chi connectivity index (χ1v) is 11.4. The van der Waals surface area contributed by atoms with Crippen LogP contribution in [0, 0.1) is 29.5 Å². The highest BCUT2D eigenvalue weighted by Crippen LogP contribution is 2.20. The number of hydrogen-bond acceptors (Lipinski definition) is 0. The lowest BCUT2D eigenvalue weighted by Crippen LogP contribution is -1.84. The van der Waals surface area contributed by atoms with Crippen LogP contribution in [0.4, 0.5) is 4.39 Å². The number of hydrogen-bond donors (Lipinski definition) is 0. The van der Waals surface area contributed by atoms with Gasteiger partial charge in [0.1, 0.15) is 5.82 Å². The molecule has 0 unspecified atom stereocenters. The minimum absolute atomic E-state index is 0.0977. The van der Waals surface area contributed by atoms with Gasteiger partial charge in [0.15, 0.2) is 0 Å².